The van der Waals surface area contributed by atoms with Gasteiger partial charge in [-0.3, -0.25) is 9.59 Å². The van der Waals surface area contributed by atoms with Crippen molar-refractivity contribution in [2.75, 3.05) is 7.05 Å². The fraction of sp³-hybridized carbons (Fsp3) is 0.385. The summed E-state index contributed by atoms with van der Waals surface area (Å²) in [6, 6.07) is 2.13. The van der Waals surface area contributed by atoms with Crippen LogP contribution in [0.2, 0.25) is 0 Å². The summed E-state index contributed by atoms with van der Waals surface area (Å²) in [5, 5.41) is 4.94. The van der Waals surface area contributed by atoms with E-state index in [2.05, 4.69) is 10.6 Å². The van der Waals surface area contributed by atoms with Crippen LogP contribution in [0.25, 0.3) is 0 Å². The molecule has 1 aliphatic rings. The predicted octanol–water partition coefficient (Wildman–Crippen LogP) is 1.28. The van der Waals surface area contributed by atoms with Crippen LogP contribution in [0, 0.1) is 17.6 Å². The van der Waals surface area contributed by atoms with Crippen LogP contribution < -0.4 is 10.6 Å². The number of nitrogens with one attached hydrogen (secondary N) is 2. The number of rotatable bonds is 4. The molecule has 0 spiro atoms. The lowest BCUT2D eigenvalue weighted by Gasteiger charge is -2.17. The van der Waals surface area contributed by atoms with Crippen LogP contribution in [0.3, 0.4) is 0 Å². The lowest BCUT2D eigenvalue weighted by atomic mass is 10.1. The average Bonchev–Trinajstić information content (AvgIpc) is 3.22. The van der Waals surface area contributed by atoms with Gasteiger partial charge in [0.05, 0.1) is 0 Å². The molecule has 0 saturated heterocycles. The van der Waals surface area contributed by atoms with Crippen LogP contribution in [0.1, 0.15) is 24.4 Å². The topological polar surface area (TPSA) is 58.2 Å². The molecule has 1 unspecified atom stereocenters. The molecule has 1 aromatic rings. The normalized spacial score (nSPS) is 15.7. The van der Waals surface area contributed by atoms with E-state index in [1.807, 2.05) is 0 Å². The fourth-order valence-electron chi connectivity index (χ4n) is 1.74. The molecule has 1 aliphatic carbocycles. The second kappa shape index (κ2) is 5.34. The zero-order chi connectivity index (χ0) is 14.0. The van der Waals surface area contributed by atoms with Crippen LogP contribution in [0.15, 0.2) is 18.2 Å². The summed E-state index contributed by atoms with van der Waals surface area (Å²) in [6.45, 7) is 0. The highest BCUT2D eigenvalue weighted by Crippen LogP contribution is 2.30. The molecule has 1 fully saturated rings. The van der Waals surface area contributed by atoms with E-state index in [-0.39, 0.29) is 17.4 Å². The minimum absolute atomic E-state index is 0.0718. The van der Waals surface area contributed by atoms with Gasteiger partial charge in [0, 0.05) is 13.0 Å². The molecule has 4 nitrogen and oxygen atoms in total. The van der Waals surface area contributed by atoms with E-state index >= 15 is 0 Å². The Bertz CT molecular complexity index is 515. The molecule has 0 bridgehead atoms. The van der Waals surface area contributed by atoms with E-state index in [0.29, 0.717) is 0 Å². The second-order valence-electron chi connectivity index (χ2n) is 4.50. The first-order chi connectivity index (χ1) is 9.02. The van der Waals surface area contributed by atoms with Crippen molar-refractivity contribution in [2.45, 2.75) is 18.9 Å². The standard InChI is InChI=1S/C13H14F2N2O2/c1-16-13(19)11(17-12(18)7-2-3-7)8-4-5-9(14)10(15)6-8/h4-7,11H,2-3H2,1H3,(H,16,19)(H,17,18). The maximum Gasteiger partial charge on any atom is 0.246 e. The zero-order valence-electron chi connectivity index (χ0n) is 10.4. The molecular formula is C13H14F2N2O2. The minimum atomic E-state index is -1.05. The summed E-state index contributed by atoms with van der Waals surface area (Å²) in [7, 11) is 1.42. The van der Waals surface area contributed by atoms with Gasteiger partial charge in [-0.25, -0.2) is 8.78 Å². The van der Waals surface area contributed by atoms with Gasteiger partial charge in [-0.2, -0.15) is 0 Å². The minimum Gasteiger partial charge on any atom is -0.357 e. The van der Waals surface area contributed by atoms with Crippen molar-refractivity contribution in [3.63, 3.8) is 0 Å². The van der Waals surface area contributed by atoms with Gasteiger partial charge in [0.15, 0.2) is 11.6 Å². The summed E-state index contributed by atoms with van der Waals surface area (Å²) in [6.07, 6.45) is 1.59. The molecule has 1 saturated carbocycles. The molecule has 102 valence electrons. The molecule has 6 heteroatoms. The Labute approximate surface area is 109 Å². The number of hydrogen-bond donors (Lipinski definition) is 2. The van der Waals surface area contributed by atoms with Crippen LogP contribution in [-0.2, 0) is 9.59 Å². The van der Waals surface area contributed by atoms with E-state index in [0.717, 1.165) is 25.0 Å². The second-order valence-corrected chi connectivity index (χ2v) is 4.50. The quantitative estimate of drug-likeness (QED) is 0.864. The summed E-state index contributed by atoms with van der Waals surface area (Å²) in [5.41, 5.74) is 0.215. The van der Waals surface area contributed by atoms with Crippen molar-refractivity contribution < 1.29 is 18.4 Å². The van der Waals surface area contributed by atoms with Crippen molar-refractivity contribution in [3.05, 3.63) is 35.4 Å². The third-order valence-corrected chi connectivity index (χ3v) is 3.02. The maximum absolute atomic E-state index is 13.2. The molecule has 1 atom stereocenters. The highest BCUT2D eigenvalue weighted by atomic mass is 19.2. The van der Waals surface area contributed by atoms with Crippen molar-refractivity contribution >= 4 is 11.8 Å². The van der Waals surface area contributed by atoms with Crippen molar-refractivity contribution in [1.29, 1.82) is 0 Å². The highest BCUT2D eigenvalue weighted by molar-refractivity contribution is 5.90. The third kappa shape index (κ3) is 3.07. The molecule has 2 N–H and O–H groups in total. The van der Waals surface area contributed by atoms with E-state index < -0.39 is 23.6 Å². The van der Waals surface area contributed by atoms with Crippen molar-refractivity contribution in [2.24, 2.45) is 5.92 Å². The largest absolute Gasteiger partial charge is 0.357 e. The lowest BCUT2D eigenvalue weighted by molar-refractivity contribution is -0.129. The molecule has 0 radical (unpaired) electrons. The van der Waals surface area contributed by atoms with Gasteiger partial charge < -0.3 is 10.6 Å². The maximum atomic E-state index is 13.2. The van der Waals surface area contributed by atoms with E-state index in [9.17, 15) is 18.4 Å². The first kappa shape index (κ1) is 13.5. The third-order valence-electron chi connectivity index (χ3n) is 3.02. The number of carbonyl (C=O) groups is 2. The van der Waals surface area contributed by atoms with E-state index in [1.165, 1.54) is 13.1 Å². The predicted molar refractivity (Wildman–Crippen MR) is 64.0 cm³/mol. The fourth-order valence-corrected chi connectivity index (χ4v) is 1.74. The summed E-state index contributed by atoms with van der Waals surface area (Å²) >= 11 is 0. The van der Waals surface area contributed by atoms with Crippen molar-refractivity contribution in [1.82, 2.24) is 10.6 Å². The lowest BCUT2D eigenvalue weighted by Crippen LogP contribution is -2.39. The molecule has 1 aromatic carbocycles. The summed E-state index contributed by atoms with van der Waals surface area (Å²) < 4.78 is 26.1. The smallest absolute Gasteiger partial charge is 0.246 e. The van der Waals surface area contributed by atoms with Gasteiger partial charge in [0.2, 0.25) is 11.8 Å². The molecule has 0 heterocycles. The Morgan fingerprint density at radius 2 is 1.95 bits per heavy atom. The monoisotopic (exact) mass is 268 g/mol. The average molecular weight is 268 g/mol. The van der Waals surface area contributed by atoms with Gasteiger partial charge in [-0.15, -0.1) is 0 Å². The Kier molecular flexibility index (Phi) is 3.78. The van der Waals surface area contributed by atoms with Crippen LogP contribution in [0.5, 0.6) is 0 Å². The van der Waals surface area contributed by atoms with Gasteiger partial charge in [-0.05, 0) is 30.5 Å². The molecular weight excluding hydrogens is 254 g/mol. The van der Waals surface area contributed by atoms with Gasteiger partial charge in [-0.1, -0.05) is 6.07 Å². The summed E-state index contributed by atoms with van der Waals surface area (Å²) in [5.74, 6) is -2.82. The Balaban J connectivity index is 2.22. The number of hydrogen-bond acceptors (Lipinski definition) is 2. The number of benzene rings is 1. The van der Waals surface area contributed by atoms with Crippen molar-refractivity contribution in [3.8, 4) is 0 Å². The van der Waals surface area contributed by atoms with Gasteiger partial charge in [0.1, 0.15) is 6.04 Å². The van der Waals surface area contributed by atoms with Crippen LogP contribution in [-0.4, -0.2) is 18.9 Å². The molecule has 0 aromatic heterocycles. The Hall–Kier alpha value is -1.98. The SMILES string of the molecule is CNC(=O)C(NC(=O)C1CC1)c1ccc(F)c(F)c1. The molecule has 2 rings (SSSR count). The Morgan fingerprint density at radius 1 is 1.26 bits per heavy atom. The van der Waals surface area contributed by atoms with Crippen LogP contribution in [0.4, 0.5) is 8.78 Å². The van der Waals surface area contributed by atoms with E-state index in [1.54, 1.807) is 0 Å². The number of carbonyl (C=O) groups excluding carboxylic acids is 2. The first-order valence-electron chi connectivity index (χ1n) is 6.00. The number of amides is 2. The van der Waals surface area contributed by atoms with Crippen LogP contribution >= 0.6 is 0 Å². The number of halogens is 2. The highest BCUT2D eigenvalue weighted by Gasteiger charge is 2.33. The Morgan fingerprint density at radius 3 is 2.47 bits per heavy atom. The molecule has 0 aliphatic heterocycles. The number of likely N-dealkylation sites (N-methyl/N-ethyl adjacent to an activating group) is 1. The first-order valence-corrected chi connectivity index (χ1v) is 6.00. The zero-order valence-corrected chi connectivity index (χ0v) is 10.4. The molecule has 19 heavy (non-hydrogen) atoms. The summed E-state index contributed by atoms with van der Waals surface area (Å²) in [4.78, 5) is 23.4. The molecule has 2 amide bonds. The van der Waals surface area contributed by atoms with Gasteiger partial charge >= 0.3 is 0 Å². The van der Waals surface area contributed by atoms with Gasteiger partial charge in [0.25, 0.3) is 0 Å². The van der Waals surface area contributed by atoms with E-state index in [4.69, 9.17) is 0 Å².